The Hall–Kier alpha value is -0.450. The summed E-state index contributed by atoms with van der Waals surface area (Å²) in [4.78, 5) is 6.86. The average molecular weight is 310 g/mol. The molecule has 2 fully saturated rings. The van der Waals surface area contributed by atoms with E-state index < -0.39 is 0 Å². The van der Waals surface area contributed by atoms with Crippen molar-refractivity contribution >= 4 is 15.9 Å². The van der Waals surface area contributed by atoms with Gasteiger partial charge in [0.2, 0.25) is 0 Å². The number of halogens is 1. The van der Waals surface area contributed by atoms with E-state index in [-0.39, 0.29) is 0 Å². The monoisotopic (exact) mass is 309 g/mol. The van der Waals surface area contributed by atoms with Crippen molar-refractivity contribution in [1.82, 2.24) is 15.2 Å². The zero-order valence-electron chi connectivity index (χ0n) is 10.6. The van der Waals surface area contributed by atoms with Crippen LogP contribution in [-0.2, 0) is 6.54 Å². The van der Waals surface area contributed by atoms with E-state index >= 15 is 0 Å². The fraction of sp³-hybridized carbons (Fsp3) is 0.643. The number of rotatable bonds is 5. The lowest BCUT2D eigenvalue weighted by Gasteiger charge is -2.15. The van der Waals surface area contributed by atoms with Crippen LogP contribution in [0.3, 0.4) is 0 Å². The van der Waals surface area contributed by atoms with Crippen LogP contribution in [0.5, 0.6) is 0 Å². The quantitative estimate of drug-likeness (QED) is 0.905. The summed E-state index contributed by atoms with van der Waals surface area (Å²) < 4.78 is 1.06. The van der Waals surface area contributed by atoms with Gasteiger partial charge in [-0.05, 0) is 65.8 Å². The normalized spacial score (nSPS) is 24.6. The third-order valence-corrected chi connectivity index (χ3v) is 4.34. The van der Waals surface area contributed by atoms with Crippen LogP contribution < -0.4 is 5.32 Å². The third kappa shape index (κ3) is 3.31. The van der Waals surface area contributed by atoms with Gasteiger partial charge in [-0.15, -0.1) is 0 Å². The Kier molecular flexibility index (Phi) is 3.97. The predicted molar refractivity (Wildman–Crippen MR) is 76.3 cm³/mol. The molecule has 0 aromatic carbocycles. The second kappa shape index (κ2) is 5.68. The van der Waals surface area contributed by atoms with E-state index in [1.165, 1.54) is 37.9 Å². The van der Waals surface area contributed by atoms with Crippen molar-refractivity contribution in [1.29, 1.82) is 0 Å². The van der Waals surface area contributed by atoms with Crippen LogP contribution >= 0.6 is 15.9 Å². The van der Waals surface area contributed by atoms with Crippen molar-refractivity contribution in [3.8, 4) is 0 Å². The molecule has 1 unspecified atom stereocenters. The maximum atomic E-state index is 4.18. The Labute approximate surface area is 117 Å². The van der Waals surface area contributed by atoms with Crippen LogP contribution in [0.1, 0.15) is 24.8 Å². The molecule has 3 nitrogen and oxygen atoms in total. The van der Waals surface area contributed by atoms with Gasteiger partial charge in [0.1, 0.15) is 0 Å². The standard InChI is InChI=1S/C14H20BrN3/c15-13-5-12(8-17-9-13)7-16-6-11-3-4-18(10-11)14-1-2-14/h5,8-9,11,14,16H,1-4,6-7,10H2. The summed E-state index contributed by atoms with van der Waals surface area (Å²) in [6, 6.07) is 3.06. The van der Waals surface area contributed by atoms with Crippen molar-refractivity contribution in [2.75, 3.05) is 19.6 Å². The van der Waals surface area contributed by atoms with Crippen molar-refractivity contribution in [2.45, 2.75) is 31.8 Å². The lowest BCUT2D eigenvalue weighted by molar-refractivity contribution is 0.312. The fourth-order valence-electron chi connectivity index (χ4n) is 2.77. The van der Waals surface area contributed by atoms with Gasteiger partial charge in [-0.2, -0.15) is 0 Å². The second-order valence-electron chi connectivity index (χ2n) is 5.52. The first-order valence-corrected chi connectivity index (χ1v) is 7.65. The Bertz CT molecular complexity index is 406. The van der Waals surface area contributed by atoms with Gasteiger partial charge in [-0.1, -0.05) is 0 Å². The van der Waals surface area contributed by atoms with Crippen LogP contribution in [0, 0.1) is 5.92 Å². The molecule has 2 aliphatic rings. The summed E-state index contributed by atoms with van der Waals surface area (Å²) in [5, 5.41) is 3.56. The highest BCUT2D eigenvalue weighted by Gasteiger charge is 2.33. The van der Waals surface area contributed by atoms with E-state index in [1.807, 2.05) is 12.4 Å². The first-order chi connectivity index (χ1) is 8.81. The molecular weight excluding hydrogens is 290 g/mol. The Morgan fingerprint density at radius 2 is 2.22 bits per heavy atom. The fourth-order valence-corrected chi connectivity index (χ4v) is 3.19. The molecule has 1 saturated carbocycles. The minimum atomic E-state index is 0.839. The molecule has 1 atom stereocenters. The zero-order valence-corrected chi connectivity index (χ0v) is 12.2. The summed E-state index contributed by atoms with van der Waals surface area (Å²) in [5.74, 6) is 0.839. The predicted octanol–water partition coefficient (Wildman–Crippen LogP) is 2.42. The summed E-state index contributed by atoms with van der Waals surface area (Å²) >= 11 is 3.45. The molecule has 98 valence electrons. The van der Waals surface area contributed by atoms with Crippen LogP contribution in [0.2, 0.25) is 0 Å². The maximum absolute atomic E-state index is 4.18. The number of hydrogen-bond acceptors (Lipinski definition) is 3. The highest BCUT2D eigenvalue weighted by atomic mass is 79.9. The number of likely N-dealkylation sites (tertiary alicyclic amines) is 1. The van der Waals surface area contributed by atoms with Crippen molar-refractivity contribution in [3.05, 3.63) is 28.5 Å². The van der Waals surface area contributed by atoms with Gasteiger partial charge in [-0.25, -0.2) is 0 Å². The molecule has 4 heteroatoms. The van der Waals surface area contributed by atoms with Gasteiger partial charge in [-0.3, -0.25) is 4.98 Å². The number of pyridine rings is 1. The number of nitrogens with one attached hydrogen (secondary N) is 1. The molecule has 3 rings (SSSR count). The molecular formula is C14H20BrN3. The minimum Gasteiger partial charge on any atom is -0.312 e. The highest BCUT2D eigenvalue weighted by Crippen LogP contribution is 2.31. The van der Waals surface area contributed by atoms with Crippen LogP contribution in [0.25, 0.3) is 0 Å². The van der Waals surface area contributed by atoms with E-state index in [0.29, 0.717) is 0 Å². The van der Waals surface area contributed by atoms with E-state index in [2.05, 4.69) is 37.2 Å². The number of aromatic nitrogens is 1. The molecule has 1 N–H and O–H groups in total. The van der Waals surface area contributed by atoms with Gasteiger partial charge in [0.25, 0.3) is 0 Å². The van der Waals surface area contributed by atoms with E-state index in [9.17, 15) is 0 Å². The summed E-state index contributed by atoms with van der Waals surface area (Å²) in [6.45, 7) is 4.67. The Balaban J connectivity index is 1.39. The maximum Gasteiger partial charge on any atom is 0.0410 e. The molecule has 1 aliphatic carbocycles. The SMILES string of the molecule is Brc1cncc(CNCC2CCN(C3CC3)C2)c1. The first-order valence-electron chi connectivity index (χ1n) is 6.85. The largest absolute Gasteiger partial charge is 0.312 e. The molecule has 0 amide bonds. The summed E-state index contributed by atoms with van der Waals surface area (Å²) in [7, 11) is 0. The van der Waals surface area contributed by atoms with Gasteiger partial charge < -0.3 is 10.2 Å². The van der Waals surface area contributed by atoms with E-state index in [4.69, 9.17) is 0 Å². The summed E-state index contributed by atoms with van der Waals surface area (Å²) in [5.41, 5.74) is 1.25. The molecule has 1 saturated heterocycles. The zero-order chi connectivity index (χ0) is 12.4. The van der Waals surface area contributed by atoms with Gasteiger partial charge in [0, 0.05) is 36.0 Å². The molecule has 2 heterocycles. The summed E-state index contributed by atoms with van der Waals surface area (Å²) in [6.07, 6.45) is 7.99. The van der Waals surface area contributed by atoms with Gasteiger partial charge >= 0.3 is 0 Å². The smallest absolute Gasteiger partial charge is 0.0410 e. The molecule has 1 aromatic heterocycles. The Morgan fingerprint density at radius 1 is 1.33 bits per heavy atom. The second-order valence-corrected chi connectivity index (χ2v) is 6.44. The van der Waals surface area contributed by atoms with Crippen molar-refractivity contribution < 1.29 is 0 Å². The van der Waals surface area contributed by atoms with Crippen LogP contribution in [0.4, 0.5) is 0 Å². The lowest BCUT2D eigenvalue weighted by atomic mass is 10.1. The molecule has 1 aliphatic heterocycles. The number of hydrogen-bond donors (Lipinski definition) is 1. The minimum absolute atomic E-state index is 0.839. The number of nitrogens with zero attached hydrogens (tertiary/aromatic N) is 2. The van der Waals surface area contributed by atoms with Gasteiger partial charge in [0.05, 0.1) is 0 Å². The highest BCUT2D eigenvalue weighted by molar-refractivity contribution is 9.10. The molecule has 0 bridgehead atoms. The van der Waals surface area contributed by atoms with Crippen LogP contribution in [-0.4, -0.2) is 35.6 Å². The van der Waals surface area contributed by atoms with Gasteiger partial charge in [0.15, 0.2) is 0 Å². The third-order valence-electron chi connectivity index (χ3n) is 3.90. The van der Waals surface area contributed by atoms with Crippen molar-refractivity contribution in [2.24, 2.45) is 5.92 Å². The van der Waals surface area contributed by atoms with E-state index in [0.717, 1.165) is 29.5 Å². The molecule has 18 heavy (non-hydrogen) atoms. The van der Waals surface area contributed by atoms with Crippen LogP contribution in [0.15, 0.2) is 22.9 Å². The van der Waals surface area contributed by atoms with Crippen molar-refractivity contribution in [3.63, 3.8) is 0 Å². The molecule has 0 spiro atoms. The molecule has 0 radical (unpaired) electrons. The average Bonchev–Trinajstić information content (AvgIpc) is 3.10. The topological polar surface area (TPSA) is 28.2 Å². The Morgan fingerprint density at radius 3 is 3.00 bits per heavy atom. The molecule has 1 aromatic rings. The lowest BCUT2D eigenvalue weighted by Crippen LogP contribution is -2.27. The first kappa shape index (κ1) is 12.6. The van der Waals surface area contributed by atoms with E-state index in [1.54, 1.807) is 0 Å².